The van der Waals surface area contributed by atoms with E-state index in [1.807, 2.05) is 18.2 Å². The molecule has 0 saturated carbocycles. The Morgan fingerprint density at radius 1 is 1.23 bits per heavy atom. The van der Waals surface area contributed by atoms with Crippen LogP contribution in [0, 0.1) is 0 Å². The lowest BCUT2D eigenvalue weighted by atomic mass is 9.76. The van der Waals surface area contributed by atoms with Gasteiger partial charge in [0.2, 0.25) is 0 Å². The van der Waals surface area contributed by atoms with Crippen LogP contribution in [-0.2, 0) is 14.6 Å². The van der Waals surface area contributed by atoms with E-state index in [1.165, 1.54) is 5.56 Å². The monoisotopic (exact) mass is 242 g/mol. The summed E-state index contributed by atoms with van der Waals surface area (Å²) in [6, 6.07) is 8.04. The van der Waals surface area contributed by atoms with Crippen molar-refractivity contribution in [3.63, 3.8) is 0 Å². The summed E-state index contributed by atoms with van der Waals surface area (Å²) >= 11 is 3.42. The minimum absolute atomic E-state index is 0.270. The van der Waals surface area contributed by atoms with Crippen LogP contribution < -0.4 is 5.46 Å². The van der Waals surface area contributed by atoms with Crippen molar-refractivity contribution in [3.05, 3.63) is 29.8 Å². The van der Waals surface area contributed by atoms with Gasteiger partial charge >= 0.3 is 7.12 Å². The third kappa shape index (κ3) is 2.56. The number of hydrogen-bond donors (Lipinski definition) is 0. The van der Waals surface area contributed by atoms with Gasteiger partial charge in [-0.25, -0.2) is 0 Å². The molecule has 4 heteroatoms. The van der Waals surface area contributed by atoms with Gasteiger partial charge in [0.1, 0.15) is 0 Å². The van der Waals surface area contributed by atoms with E-state index in [2.05, 4.69) is 22.0 Å². The van der Waals surface area contributed by atoms with Gasteiger partial charge < -0.3 is 9.31 Å². The number of halogens is 1. The van der Waals surface area contributed by atoms with Crippen molar-refractivity contribution in [2.24, 2.45) is 0 Å². The molecule has 2 nitrogen and oxygen atoms in total. The molecule has 1 aromatic rings. The van der Waals surface area contributed by atoms with Gasteiger partial charge in [0.05, 0.1) is 0 Å². The lowest BCUT2D eigenvalue weighted by molar-refractivity contribution is 0.291. The number of rotatable bonds is 4. The third-order valence-corrected chi connectivity index (χ3v) is 2.49. The first-order chi connectivity index (χ1) is 6.33. The van der Waals surface area contributed by atoms with Crippen molar-refractivity contribution in [2.45, 2.75) is 5.33 Å². The highest BCUT2D eigenvalue weighted by Gasteiger charge is 2.20. The molecular formula is C9H12BBrO2. The number of hydrogen-bond acceptors (Lipinski definition) is 2. The smallest absolute Gasteiger partial charge is 0.410 e. The molecule has 0 atom stereocenters. The topological polar surface area (TPSA) is 18.5 Å². The molecule has 0 spiro atoms. The molecule has 0 fully saturated rings. The maximum Gasteiger partial charge on any atom is 0.493 e. The molecule has 0 saturated heterocycles. The summed E-state index contributed by atoms with van der Waals surface area (Å²) < 4.78 is 10.4. The van der Waals surface area contributed by atoms with E-state index in [0.717, 1.165) is 10.8 Å². The fraction of sp³-hybridized carbons (Fsp3) is 0.333. The first-order valence-electron chi connectivity index (χ1n) is 4.02. The average Bonchev–Trinajstić information content (AvgIpc) is 2.20. The van der Waals surface area contributed by atoms with Crippen LogP contribution in [0.25, 0.3) is 0 Å². The molecule has 0 radical (unpaired) electrons. The fourth-order valence-corrected chi connectivity index (χ4v) is 1.75. The lowest BCUT2D eigenvalue weighted by Crippen LogP contribution is -2.36. The Hall–Kier alpha value is -0.315. The number of benzene rings is 1. The Labute approximate surface area is 87.5 Å². The van der Waals surface area contributed by atoms with Gasteiger partial charge in [-0.3, -0.25) is 0 Å². The minimum atomic E-state index is -0.270. The predicted molar refractivity (Wildman–Crippen MR) is 58.5 cm³/mol. The third-order valence-electron chi connectivity index (χ3n) is 1.88. The quantitative estimate of drug-likeness (QED) is 0.590. The van der Waals surface area contributed by atoms with Crippen LogP contribution in [0.5, 0.6) is 0 Å². The van der Waals surface area contributed by atoms with E-state index in [9.17, 15) is 0 Å². The summed E-state index contributed by atoms with van der Waals surface area (Å²) in [7, 11) is 3.01. The van der Waals surface area contributed by atoms with Gasteiger partial charge in [0.15, 0.2) is 0 Å². The first kappa shape index (κ1) is 10.8. The van der Waals surface area contributed by atoms with E-state index >= 15 is 0 Å². The maximum absolute atomic E-state index is 5.18. The van der Waals surface area contributed by atoms with Crippen LogP contribution in [0.3, 0.4) is 0 Å². The zero-order chi connectivity index (χ0) is 9.68. The Kier molecular flexibility index (Phi) is 4.49. The Bertz CT molecular complexity index is 264. The molecular weight excluding hydrogens is 231 g/mol. The van der Waals surface area contributed by atoms with Crippen molar-refractivity contribution in [1.29, 1.82) is 0 Å². The zero-order valence-electron chi connectivity index (χ0n) is 7.79. The van der Waals surface area contributed by atoms with E-state index in [1.54, 1.807) is 14.2 Å². The largest absolute Gasteiger partial charge is 0.493 e. The van der Waals surface area contributed by atoms with E-state index in [0.29, 0.717) is 0 Å². The first-order valence-corrected chi connectivity index (χ1v) is 5.15. The van der Waals surface area contributed by atoms with Crippen LogP contribution in [0.4, 0.5) is 0 Å². The zero-order valence-corrected chi connectivity index (χ0v) is 9.37. The summed E-state index contributed by atoms with van der Waals surface area (Å²) in [5.74, 6) is 0. The molecule has 0 aromatic heterocycles. The van der Waals surface area contributed by atoms with Crippen LogP contribution in [0.2, 0.25) is 0 Å². The van der Waals surface area contributed by atoms with Crippen LogP contribution in [0.15, 0.2) is 24.3 Å². The van der Waals surface area contributed by atoms with Crippen LogP contribution >= 0.6 is 15.9 Å². The summed E-state index contributed by atoms with van der Waals surface area (Å²) in [4.78, 5) is 0. The molecule has 70 valence electrons. The molecule has 0 amide bonds. The van der Waals surface area contributed by atoms with Crippen LogP contribution in [-0.4, -0.2) is 21.3 Å². The summed E-state index contributed by atoms with van der Waals surface area (Å²) in [6.07, 6.45) is 0. The van der Waals surface area contributed by atoms with E-state index < -0.39 is 0 Å². The average molecular weight is 243 g/mol. The molecule has 1 rings (SSSR count). The van der Waals surface area contributed by atoms with E-state index in [-0.39, 0.29) is 7.12 Å². The van der Waals surface area contributed by atoms with Gasteiger partial charge in [-0.1, -0.05) is 40.2 Å². The maximum atomic E-state index is 5.18. The van der Waals surface area contributed by atoms with Gasteiger partial charge in [-0.15, -0.1) is 0 Å². The molecule has 1 aromatic carbocycles. The van der Waals surface area contributed by atoms with Crippen LogP contribution in [0.1, 0.15) is 5.56 Å². The van der Waals surface area contributed by atoms with E-state index in [4.69, 9.17) is 9.31 Å². The standard InChI is InChI=1S/C9H12BBrO2/c1-12-10(13-2)9-6-4-3-5-8(9)7-11/h3-6H,7H2,1-2H3. The van der Waals surface area contributed by atoms with Gasteiger partial charge in [0.25, 0.3) is 0 Å². The molecule has 0 aliphatic carbocycles. The van der Waals surface area contributed by atoms with Gasteiger partial charge in [-0.05, 0) is 11.0 Å². The molecule has 0 aliphatic heterocycles. The SMILES string of the molecule is COB(OC)c1ccccc1CBr. The second kappa shape index (κ2) is 5.42. The molecule has 0 unspecified atom stereocenters. The Morgan fingerprint density at radius 3 is 2.38 bits per heavy atom. The fourth-order valence-electron chi connectivity index (χ4n) is 1.24. The molecule has 0 N–H and O–H groups in total. The van der Waals surface area contributed by atoms with Crippen molar-refractivity contribution in [2.75, 3.05) is 14.2 Å². The second-order valence-electron chi connectivity index (χ2n) is 2.64. The normalized spacial score (nSPS) is 10.1. The minimum Gasteiger partial charge on any atom is -0.410 e. The van der Waals surface area contributed by atoms with Gasteiger partial charge in [-0.2, -0.15) is 0 Å². The van der Waals surface area contributed by atoms with Crippen molar-refractivity contribution >= 4 is 28.5 Å². The molecule has 0 heterocycles. The highest BCUT2D eigenvalue weighted by Crippen LogP contribution is 2.04. The Morgan fingerprint density at radius 2 is 1.85 bits per heavy atom. The summed E-state index contributed by atoms with van der Waals surface area (Å²) in [5, 5.41) is 0.812. The lowest BCUT2D eigenvalue weighted by Gasteiger charge is -2.11. The summed E-state index contributed by atoms with van der Waals surface area (Å²) in [6.45, 7) is 0. The highest BCUT2D eigenvalue weighted by molar-refractivity contribution is 9.08. The van der Waals surface area contributed by atoms with Crippen molar-refractivity contribution in [3.8, 4) is 0 Å². The summed E-state index contributed by atoms with van der Waals surface area (Å²) in [5.41, 5.74) is 2.26. The van der Waals surface area contributed by atoms with Crippen molar-refractivity contribution < 1.29 is 9.31 Å². The Balaban J connectivity index is 2.96. The molecule has 13 heavy (non-hydrogen) atoms. The van der Waals surface area contributed by atoms with Gasteiger partial charge in [0, 0.05) is 19.5 Å². The van der Waals surface area contributed by atoms with Crippen molar-refractivity contribution in [1.82, 2.24) is 0 Å². The number of alkyl halides is 1. The highest BCUT2D eigenvalue weighted by atomic mass is 79.9. The second-order valence-corrected chi connectivity index (χ2v) is 3.20. The predicted octanol–water partition coefficient (Wildman–Crippen LogP) is 1.57. The molecule has 0 bridgehead atoms. The molecule has 0 aliphatic rings.